The van der Waals surface area contributed by atoms with Gasteiger partial charge in [0.15, 0.2) is 6.04 Å². The van der Waals surface area contributed by atoms with Crippen molar-refractivity contribution in [3.05, 3.63) is 63.6 Å². The Bertz CT molecular complexity index is 619. The van der Waals surface area contributed by atoms with Crippen LogP contribution in [0, 0.1) is 0 Å². The van der Waals surface area contributed by atoms with Crippen LogP contribution in [-0.2, 0) is 9.53 Å². The number of esters is 1. The molecule has 0 bridgehead atoms. The minimum Gasteiger partial charge on any atom is -0.464 e. The topological polar surface area (TPSA) is 38.3 Å². The van der Waals surface area contributed by atoms with E-state index < -0.39 is 6.04 Å². The first-order valence-electron chi connectivity index (χ1n) is 6.55. The van der Waals surface area contributed by atoms with E-state index in [-0.39, 0.29) is 5.97 Å². The van der Waals surface area contributed by atoms with Crippen LogP contribution in [0.4, 0.5) is 5.69 Å². The molecule has 0 saturated carbocycles. The Morgan fingerprint density at radius 1 is 1.29 bits per heavy atom. The zero-order valence-electron chi connectivity index (χ0n) is 11.5. The highest BCUT2D eigenvalue weighted by Gasteiger charge is 2.22. The van der Waals surface area contributed by atoms with Gasteiger partial charge in [-0.15, -0.1) is 0 Å². The molecule has 0 amide bonds. The summed E-state index contributed by atoms with van der Waals surface area (Å²) in [5.74, 6) is -0.324. The fourth-order valence-corrected chi connectivity index (χ4v) is 2.41. The molecule has 110 valence electrons. The predicted octanol–water partition coefficient (Wildman–Crippen LogP) is 4.82. The zero-order valence-corrected chi connectivity index (χ0v) is 13.8. The third-order valence-electron chi connectivity index (χ3n) is 2.88. The molecule has 2 aromatic rings. The van der Waals surface area contributed by atoms with Crippen molar-refractivity contribution in [2.75, 3.05) is 11.9 Å². The molecule has 0 spiro atoms. The predicted molar refractivity (Wildman–Crippen MR) is 88.6 cm³/mol. The SMILES string of the molecule is CCOC(=O)C(Nc1ccccc1)c1ccc(Cl)c(Br)c1. The van der Waals surface area contributed by atoms with Gasteiger partial charge in [-0.1, -0.05) is 35.9 Å². The minimum absolute atomic E-state index is 0.324. The smallest absolute Gasteiger partial charge is 0.333 e. The second-order valence-electron chi connectivity index (χ2n) is 4.37. The summed E-state index contributed by atoms with van der Waals surface area (Å²) in [7, 11) is 0. The van der Waals surface area contributed by atoms with Gasteiger partial charge in [-0.3, -0.25) is 0 Å². The summed E-state index contributed by atoms with van der Waals surface area (Å²) in [6.45, 7) is 2.12. The molecule has 2 aromatic carbocycles. The number of carbonyl (C=O) groups excluding carboxylic acids is 1. The molecule has 3 nitrogen and oxygen atoms in total. The molecule has 0 saturated heterocycles. The van der Waals surface area contributed by atoms with E-state index in [1.807, 2.05) is 42.5 Å². The monoisotopic (exact) mass is 367 g/mol. The molecule has 0 aliphatic rings. The Morgan fingerprint density at radius 3 is 2.62 bits per heavy atom. The van der Waals surface area contributed by atoms with Gasteiger partial charge in [0.25, 0.3) is 0 Å². The van der Waals surface area contributed by atoms with Gasteiger partial charge in [-0.2, -0.15) is 0 Å². The Kier molecular flexibility index (Phi) is 5.65. The van der Waals surface area contributed by atoms with Gasteiger partial charge in [0.2, 0.25) is 0 Å². The van der Waals surface area contributed by atoms with Crippen LogP contribution in [0.3, 0.4) is 0 Å². The third-order valence-corrected chi connectivity index (χ3v) is 4.10. The van der Waals surface area contributed by atoms with Crippen molar-refractivity contribution >= 4 is 39.2 Å². The Balaban J connectivity index is 2.31. The number of halogens is 2. The van der Waals surface area contributed by atoms with E-state index in [9.17, 15) is 4.79 Å². The average molecular weight is 369 g/mol. The van der Waals surface area contributed by atoms with Crippen molar-refractivity contribution in [2.45, 2.75) is 13.0 Å². The lowest BCUT2D eigenvalue weighted by molar-refractivity contribution is -0.144. The van der Waals surface area contributed by atoms with Crippen LogP contribution in [0.1, 0.15) is 18.5 Å². The summed E-state index contributed by atoms with van der Waals surface area (Å²) < 4.78 is 5.89. The van der Waals surface area contributed by atoms with E-state index in [0.717, 1.165) is 15.7 Å². The van der Waals surface area contributed by atoms with Gasteiger partial charge in [-0.25, -0.2) is 4.79 Å². The molecular weight excluding hydrogens is 354 g/mol. The molecule has 0 fully saturated rings. The fraction of sp³-hybridized carbons (Fsp3) is 0.188. The Labute approximate surface area is 137 Å². The number of rotatable bonds is 5. The maximum Gasteiger partial charge on any atom is 0.333 e. The molecule has 0 heterocycles. The van der Waals surface area contributed by atoms with Crippen molar-refractivity contribution in [1.29, 1.82) is 0 Å². The molecule has 5 heteroatoms. The number of anilines is 1. The lowest BCUT2D eigenvalue weighted by Gasteiger charge is -2.19. The number of nitrogens with one attached hydrogen (secondary N) is 1. The summed E-state index contributed by atoms with van der Waals surface area (Å²) in [5.41, 5.74) is 1.63. The maximum absolute atomic E-state index is 12.2. The van der Waals surface area contributed by atoms with Gasteiger partial charge in [0.05, 0.1) is 11.6 Å². The standard InChI is InChI=1S/C16H15BrClNO2/c1-2-21-16(20)15(19-12-6-4-3-5-7-12)11-8-9-14(18)13(17)10-11/h3-10,15,19H,2H2,1H3. The van der Waals surface area contributed by atoms with Gasteiger partial charge in [0, 0.05) is 10.2 Å². The van der Waals surface area contributed by atoms with Crippen molar-refractivity contribution < 1.29 is 9.53 Å². The first-order chi connectivity index (χ1) is 10.1. The first-order valence-corrected chi connectivity index (χ1v) is 7.72. The summed E-state index contributed by atoms with van der Waals surface area (Å²) in [6.07, 6.45) is 0. The van der Waals surface area contributed by atoms with Gasteiger partial charge in [-0.05, 0) is 52.7 Å². The van der Waals surface area contributed by atoms with Crippen LogP contribution in [0.25, 0.3) is 0 Å². The Morgan fingerprint density at radius 2 is 2.00 bits per heavy atom. The molecule has 0 aliphatic carbocycles. The summed E-state index contributed by atoms with van der Waals surface area (Å²) in [6, 6.07) is 14.3. The maximum atomic E-state index is 12.2. The number of carbonyl (C=O) groups is 1. The van der Waals surface area contributed by atoms with E-state index in [2.05, 4.69) is 21.2 Å². The largest absolute Gasteiger partial charge is 0.464 e. The number of para-hydroxylation sites is 1. The molecule has 1 N–H and O–H groups in total. The lowest BCUT2D eigenvalue weighted by atomic mass is 10.1. The van der Waals surface area contributed by atoms with Crippen LogP contribution >= 0.6 is 27.5 Å². The molecular formula is C16H15BrClNO2. The van der Waals surface area contributed by atoms with E-state index >= 15 is 0 Å². The van der Waals surface area contributed by atoms with E-state index in [0.29, 0.717) is 11.6 Å². The molecule has 21 heavy (non-hydrogen) atoms. The normalized spacial score (nSPS) is 11.8. The number of hydrogen-bond acceptors (Lipinski definition) is 3. The molecule has 0 aromatic heterocycles. The van der Waals surface area contributed by atoms with Crippen molar-refractivity contribution in [1.82, 2.24) is 0 Å². The average Bonchev–Trinajstić information content (AvgIpc) is 2.49. The van der Waals surface area contributed by atoms with Crippen LogP contribution in [0.15, 0.2) is 53.0 Å². The first kappa shape index (κ1) is 15.9. The second-order valence-corrected chi connectivity index (χ2v) is 5.63. The van der Waals surface area contributed by atoms with E-state index in [1.54, 1.807) is 13.0 Å². The van der Waals surface area contributed by atoms with Crippen molar-refractivity contribution in [3.8, 4) is 0 Å². The summed E-state index contributed by atoms with van der Waals surface area (Å²) in [4.78, 5) is 12.2. The Hall–Kier alpha value is -1.52. The van der Waals surface area contributed by atoms with Crippen LogP contribution in [-0.4, -0.2) is 12.6 Å². The number of ether oxygens (including phenoxy) is 1. The third kappa shape index (κ3) is 4.22. The number of hydrogen-bond donors (Lipinski definition) is 1. The zero-order chi connectivity index (χ0) is 15.2. The quantitative estimate of drug-likeness (QED) is 0.769. The molecule has 0 radical (unpaired) electrons. The van der Waals surface area contributed by atoms with E-state index in [1.165, 1.54) is 0 Å². The summed E-state index contributed by atoms with van der Waals surface area (Å²) in [5, 5.41) is 3.79. The van der Waals surface area contributed by atoms with Crippen LogP contribution < -0.4 is 5.32 Å². The van der Waals surface area contributed by atoms with Gasteiger partial charge in [0.1, 0.15) is 0 Å². The highest BCUT2D eigenvalue weighted by atomic mass is 79.9. The summed E-state index contributed by atoms with van der Waals surface area (Å²) >= 11 is 9.38. The van der Waals surface area contributed by atoms with Gasteiger partial charge >= 0.3 is 5.97 Å². The molecule has 1 atom stereocenters. The van der Waals surface area contributed by atoms with Crippen LogP contribution in [0.2, 0.25) is 5.02 Å². The highest BCUT2D eigenvalue weighted by molar-refractivity contribution is 9.10. The van der Waals surface area contributed by atoms with Crippen molar-refractivity contribution in [3.63, 3.8) is 0 Å². The molecule has 1 unspecified atom stereocenters. The second kappa shape index (κ2) is 7.48. The van der Waals surface area contributed by atoms with E-state index in [4.69, 9.17) is 16.3 Å². The minimum atomic E-state index is -0.582. The lowest BCUT2D eigenvalue weighted by Crippen LogP contribution is -2.23. The highest BCUT2D eigenvalue weighted by Crippen LogP contribution is 2.28. The van der Waals surface area contributed by atoms with Crippen LogP contribution in [0.5, 0.6) is 0 Å². The fourth-order valence-electron chi connectivity index (χ4n) is 1.90. The molecule has 2 rings (SSSR count). The van der Waals surface area contributed by atoms with Crippen molar-refractivity contribution in [2.24, 2.45) is 0 Å². The van der Waals surface area contributed by atoms with Gasteiger partial charge < -0.3 is 10.1 Å². The number of benzene rings is 2. The molecule has 0 aliphatic heterocycles.